The molecule has 3 aromatic rings. The maximum absolute atomic E-state index is 13.0. The number of rotatable bonds is 6. The molecule has 10 heteroatoms. The van der Waals surface area contributed by atoms with Crippen molar-refractivity contribution in [3.05, 3.63) is 48.4 Å². The van der Waals surface area contributed by atoms with Gasteiger partial charge in [0.15, 0.2) is 5.65 Å². The molecule has 2 amide bonds. The molecule has 182 valence electrons. The molecule has 7 nitrogen and oxygen atoms in total. The summed E-state index contributed by atoms with van der Waals surface area (Å²) in [5, 5.41) is 2.81. The first-order valence-electron chi connectivity index (χ1n) is 11.3. The molecule has 0 aliphatic heterocycles. The van der Waals surface area contributed by atoms with E-state index in [1.807, 2.05) is 54.9 Å². The Morgan fingerprint density at radius 3 is 2.82 bits per heavy atom. The summed E-state index contributed by atoms with van der Waals surface area (Å²) in [7, 11) is 1.54. The zero-order valence-corrected chi connectivity index (χ0v) is 19.3. The van der Waals surface area contributed by atoms with Crippen LogP contribution >= 0.6 is 0 Å². The summed E-state index contributed by atoms with van der Waals surface area (Å²) in [6.45, 7) is 4.18. The van der Waals surface area contributed by atoms with Crippen molar-refractivity contribution in [2.75, 3.05) is 13.7 Å². The van der Waals surface area contributed by atoms with Crippen LogP contribution in [0.25, 0.3) is 16.9 Å². The van der Waals surface area contributed by atoms with Gasteiger partial charge in [-0.15, -0.1) is 0 Å². The van der Waals surface area contributed by atoms with Crippen molar-refractivity contribution in [3.8, 4) is 17.1 Å². The number of amides is 2. The summed E-state index contributed by atoms with van der Waals surface area (Å²) in [5.74, 6) is -0.941. The van der Waals surface area contributed by atoms with Gasteiger partial charge in [-0.3, -0.25) is 0 Å². The highest BCUT2D eigenvalue weighted by Crippen LogP contribution is 2.39. The highest BCUT2D eigenvalue weighted by atomic mass is 19.4. The van der Waals surface area contributed by atoms with Crippen LogP contribution < -0.4 is 10.1 Å². The molecule has 34 heavy (non-hydrogen) atoms. The lowest BCUT2D eigenvalue weighted by Crippen LogP contribution is -2.45. The smallest absolute Gasteiger partial charge is 0.391 e. The normalized spacial score (nSPS) is 19.2. The molecule has 2 aromatic heterocycles. The number of nitrogens with zero attached hydrogens (tertiary/aromatic N) is 4. The number of halogens is 3. The average Bonchev–Trinajstić information content (AvgIpc) is 3.48. The van der Waals surface area contributed by atoms with Crippen molar-refractivity contribution in [2.24, 2.45) is 5.92 Å². The minimum atomic E-state index is -4.21. The van der Waals surface area contributed by atoms with Gasteiger partial charge in [0.1, 0.15) is 0 Å². The number of imidazole rings is 1. The Balaban J connectivity index is 1.52. The number of carbonyl (C=O) groups is 1. The molecule has 2 heterocycles. The Bertz CT molecular complexity index is 1160. The lowest BCUT2D eigenvalue weighted by molar-refractivity contribution is -0.172. The van der Waals surface area contributed by atoms with Crippen molar-refractivity contribution >= 4 is 11.7 Å². The van der Waals surface area contributed by atoms with Gasteiger partial charge >= 0.3 is 12.2 Å². The topological polar surface area (TPSA) is 71.8 Å². The standard InChI is InChI=1S/C24H28F3N5O2/c1-4-32(23(33)29-19-9-8-18(13-19)24(25,26)27)15(2)16-6-5-7-17(12-16)20-14-31-11-10-28-21(31)22(30-20)34-3/h5-7,10-12,14-15,18-19H,4,8-9,13H2,1-3H3,(H,29,33)/t15?,18-,19+/m0/s1. The van der Waals surface area contributed by atoms with E-state index in [0.29, 0.717) is 30.2 Å². The van der Waals surface area contributed by atoms with Crippen LogP contribution in [0.4, 0.5) is 18.0 Å². The summed E-state index contributed by atoms with van der Waals surface area (Å²) in [5.41, 5.74) is 3.04. The molecular weight excluding hydrogens is 447 g/mol. The van der Waals surface area contributed by atoms with Gasteiger partial charge in [-0.2, -0.15) is 13.2 Å². The van der Waals surface area contributed by atoms with Crippen molar-refractivity contribution < 1.29 is 22.7 Å². The zero-order chi connectivity index (χ0) is 24.5. The number of carbonyl (C=O) groups excluding carboxylic acids is 1. The first-order chi connectivity index (χ1) is 16.2. The molecule has 0 radical (unpaired) electrons. The molecule has 1 N–H and O–H groups in total. The molecule has 1 aliphatic carbocycles. The van der Waals surface area contributed by atoms with Crippen LogP contribution in [-0.4, -0.2) is 51.2 Å². The predicted octanol–water partition coefficient (Wildman–Crippen LogP) is 5.23. The minimum Gasteiger partial charge on any atom is -0.478 e. The number of fused-ring (bicyclic) bond motifs is 1. The van der Waals surface area contributed by atoms with E-state index in [0.717, 1.165) is 11.1 Å². The van der Waals surface area contributed by atoms with Crippen LogP contribution in [0.5, 0.6) is 5.88 Å². The fourth-order valence-electron chi connectivity index (χ4n) is 4.58. The van der Waals surface area contributed by atoms with Crippen LogP contribution in [0.3, 0.4) is 0 Å². The summed E-state index contributed by atoms with van der Waals surface area (Å²) < 4.78 is 46.2. The van der Waals surface area contributed by atoms with E-state index in [4.69, 9.17) is 4.74 Å². The fraction of sp³-hybridized carbons (Fsp3) is 0.458. The number of ether oxygens (including phenoxy) is 1. The maximum Gasteiger partial charge on any atom is 0.391 e. The number of methoxy groups -OCH3 is 1. The van der Waals surface area contributed by atoms with E-state index < -0.39 is 18.1 Å². The van der Waals surface area contributed by atoms with Crippen molar-refractivity contribution in [3.63, 3.8) is 0 Å². The lowest BCUT2D eigenvalue weighted by Gasteiger charge is -2.30. The maximum atomic E-state index is 13.0. The van der Waals surface area contributed by atoms with Crippen LogP contribution in [0.2, 0.25) is 0 Å². The molecule has 0 spiro atoms. The second-order valence-corrected chi connectivity index (χ2v) is 8.58. The lowest BCUT2D eigenvalue weighted by atomic mass is 10.0. The van der Waals surface area contributed by atoms with Gasteiger partial charge in [0, 0.05) is 36.7 Å². The molecule has 0 bridgehead atoms. The Kier molecular flexibility index (Phi) is 6.67. The average molecular weight is 476 g/mol. The predicted molar refractivity (Wildman–Crippen MR) is 121 cm³/mol. The summed E-state index contributed by atoms with van der Waals surface area (Å²) in [4.78, 5) is 23.4. The number of nitrogens with one attached hydrogen (secondary N) is 1. The third kappa shape index (κ3) is 4.80. The molecular formula is C24H28F3N5O2. The molecule has 3 atom stereocenters. The first-order valence-corrected chi connectivity index (χ1v) is 11.3. The summed E-state index contributed by atoms with van der Waals surface area (Å²) in [6, 6.07) is 6.59. The van der Waals surface area contributed by atoms with Gasteiger partial charge < -0.3 is 19.4 Å². The van der Waals surface area contributed by atoms with Gasteiger partial charge in [-0.1, -0.05) is 18.2 Å². The molecule has 1 aliphatic rings. The second-order valence-electron chi connectivity index (χ2n) is 8.58. The Morgan fingerprint density at radius 1 is 1.35 bits per heavy atom. The largest absolute Gasteiger partial charge is 0.478 e. The molecule has 1 saturated carbocycles. The Morgan fingerprint density at radius 2 is 2.15 bits per heavy atom. The number of aromatic nitrogens is 3. The molecule has 1 fully saturated rings. The van der Waals surface area contributed by atoms with Gasteiger partial charge in [-0.25, -0.2) is 14.8 Å². The minimum absolute atomic E-state index is 0.0515. The van der Waals surface area contributed by atoms with Crippen molar-refractivity contribution in [1.29, 1.82) is 0 Å². The molecule has 1 unspecified atom stereocenters. The number of hydrogen-bond donors (Lipinski definition) is 1. The number of benzene rings is 1. The third-order valence-corrected chi connectivity index (χ3v) is 6.49. The number of urea groups is 1. The van der Waals surface area contributed by atoms with Crippen molar-refractivity contribution in [1.82, 2.24) is 24.6 Å². The van der Waals surface area contributed by atoms with Crippen LogP contribution in [0.1, 0.15) is 44.7 Å². The van der Waals surface area contributed by atoms with Crippen LogP contribution in [0.15, 0.2) is 42.9 Å². The monoisotopic (exact) mass is 475 g/mol. The van der Waals surface area contributed by atoms with E-state index in [1.165, 1.54) is 7.11 Å². The number of hydrogen-bond acceptors (Lipinski definition) is 4. The van der Waals surface area contributed by atoms with Gasteiger partial charge in [0.25, 0.3) is 5.88 Å². The Labute approximate surface area is 196 Å². The zero-order valence-electron chi connectivity index (χ0n) is 19.3. The van der Waals surface area contributed by atoms with E-state index >= 15 is 0 Å². The first kappa shape index (κ1) is 23.8. The third-order valence-electron chi connectivity index (χ3n) is 6.49. The van der Waals surface area contributed by atoms with E-state index in [9.17, 15) is 18.0 Å². The van der Waals surface area contributed by atoms with Crippen LogP contribution in [-0.2, 0) is 0 Å². The van der Waals surface area contributed by atoms with Gasteiger partial charge in [0.05, 0.1) is 24.8 Å². The van der Waals surface area contributed by atoms with Gasteiger partial charge in [-0.05, 0) is 44.7 Å². The highest BCUT2D eigenvalue weighted by molar-refractivity contribution is 5.75. The summed E-state index contributed by atoms with van der Waals surface area (Å²) >= 11 is 0. The molecule has 0 saturated heterocycles. The molecule has 4 rings (SSSR count). The Hall–Kier alpha value is -3.30. The highest BCUT2D eigenvalue weighted by Gasteiger charge is 2.44. The molecule has 1 aromatic carbocycles. The second kappa shape index (κ2) is 9.52. The SMILES string of the molecule is CCN(C(=O)N[C@@H]1CC[C@H](C(F)(F)F)C1)C(C)c1cccc(-c2cn3ccnc3c(OC)n2)c1. The van der Waals surface area contributed by atoms with E-state index in [1.54, 1.807) is 11.1 Å². The summed E-state index contributed by atoms with van der Waals surface area (Å²) in [6.07, 6.45) is 1.44. The van der Waals surface area contributed by atoms with Crippen molar-refractivity contribution in [2.45, 2.75) is 51.4 Å². The van der Waals surface area contributed by atoms with Crippen LogP contribution in [0, 0.1) is 5.92 Å². The quantitative estimate of drug-likeness (QED) is 0.530. The number of alkyl halides is 3. The fourth-order valence-corrected chi connectivity index (χ4v) is 4.58. The van der Waals surface area contributed by atoms with Gasteiger partial charge in [0.2, 0.25) is 0 Å². The van der Waals surface area contributed by atoms with E-state index in [-0.39, 0.29) is 24.9 Å². The van der Waals surface area contributed by atoms with E-state index in [2.05, 4.69) is 15.3 Å².